The van der Waals surface area contributed by atoms with Crippen LogP contribution in [-0.2, 0) is 12.3 Å². The summed E-state index contributed by atoms with van der Waals surface area (Å²) in [6.45, 7) is 4.16. The van der Waals surface area contributed by atoms with Gasteiger partial charge in [-0.05, 0) is 48.1 Å². The van der Waals surface area contributed by atoms with Crippen molar-refractivity contribution in [2.24, 2.45) is 0 Å². The highest BCUT2D eigenvalue weighted by Crippen LogP contribution is 2.27. The first-order chi connectivity index (χ1) is 8.63. The molecule has 94 valence electrons. The maximum atomic E-state index is 6.42. The van der Waals surface area contributed by atoms with Crippen molar-refractivity contribution in [2.45, 2.75) is 26.1 Å². The van der Waals surface area contributed by atoms with Gasteiger partial charge in [-0.2, -0.15) is 0 Å². The van der Waals surface area contributed by atoms with Crippen LogP contribution in [0, 0.1) is 13.8 Å². The van der Waals surface area contributed by atoms with E-state index in [0.29, 0.717) is 5.88 Å². The molecule has 0 atom stereocenters. The van der Waals surface area contributed by atoms with Gasteiger partial charge in [0.25, 0.3) is 0 Å². The molecular formula is C16H16Cl2. The molecule has 0 N–H and O–H groups in total. The summed E-state index contributed by atoms with van der Waals surface area (Å²) < 4.78 is 0. The molecule has 18 heavy (non-hydrogen) atoms. The lowest BCUT2D eigenvalue weighted by molar-refractivity contribution is 1.14. The maximum absolute atomic E-state index is 6.42. The van der Waals surface area contributed by atoms with Gasteiger partial charge in [0.15, 0.2) is 0 Å². The fraction of sp³-hybridized carbons (Fsp3) is 0.250. The Labute approximate surface area is 119 Å². The number of alkyl halides is 1. The smallest absolute Gasteiger partial charge is 0.0477 e. The lowest BCUT2D eigenvalue weighted by atomic mass is 9.98. The second-order valence-electron chi connectivity index (χ2n) is 4.56. The molecule has 0 aliphatic carbocycles. The zero-order valence-corrected chi connectivity index (χ0v) is 12.1. The second kappa shape index (κ2) is 5.77. The minimum absolute atomic E-state index is 0.510. The molecule has 0 unspecified atom stereocenters. The number of halogens is 2. The molecular weight excluding hydrogens is 263 g/mol. The van der Waals surface area contributed by atoms with E-state index in [9.17, 15) is 0 Å². The van der Waals surface area contributed by atoms with Crippen LogP contribution in [-0.4, -0.2) is 0 Å². The topological polar surface area (TPSA) is 0 Å². The van der Waals surface area contributed by atoms with Gasteiger partial charge >= 0.3 is 0 Å². The fourth-order valence-corrected chi connectivity index (χ4v) is 2.62. The largest absolute Gasteiger partial charge is 0.122 e. The summed E-state index contributed by atoms with van der Waals surface area (Å²) in [4.78, 5) is 0. The van der Waals surface area contributed by atoms with Crippen LogP contribution in [0.5, 0.6) is 0 Å². The van der Waals surface area contributed by atoms with Crippen molar-refractivity contribution < 1.29 is 0 Å². The molecule has 2 aromatic rings. The number of hydrogen-bond acceptors (Lipinski definition) is 0. The molecule has 0 spiro atoms. The first-order valence-electron chi connectivity index (χ1n) is 6.00. The van der Waals surface area contributed by atoms with Gasteiger partial charge in [0.1, 0.15) is 0 Å². The second-order valence-corrected chi connectivity index (χ2v) is 5.20. The molecule has 0 nitrogen and oxygen atoms in total. The van der Waals surface area contributed by atoms with Gasteiger partial charge in [-0.15, -0.1) is 11.6 Å². The Balaban J connectivity index is 2.36. The Kier molecular flexibility index (Phi) is 4.31. The van der Waals surface area contributed by atoms with Crippen LogP contribution in [0.1, 0.15) is 27.8 Å². The van der Waals surface area contributed by atoms with Gasteiger partial charge in [0.05, 0.1) is 0 Å². The molecule has 0 bridgehead atoms. The summed E-state index contributed by atoms with van der Waals surface area (Å²) in [5.41, 5.74) is 5.98. The first-order valence-corrected chi connectivity index (χ1v) is 6.92. The minimum Gasteiger partial charge on any atom is -0.122 e. The summed E-state index contributed by atoms with van der Waals surface area (Å²) in [7, 11) is 0. The first kappa shape index (κ1) is 13.5. The predicted molar refractivity (Wildman–Crippen MR) is 79.7 cm³/mol. The zero-order chi connectivity index (χ0) is 13.1. The van der Waals surface area contributed by atoms with E-state index in [0.717, 1.165) is 28.1 Å². The quantitative estimate of drug-likeness (QED) is 0.670. The molecule has 0 saturated carbocycles. The van der Waals surface area contributed by atoms with Crippen LogP contribution in [0.25, 0.3) is 0 Å². The molecule has 0 aromatic heterocycles. The van der Waals surface area contributed by atoms with E-state index in [-0.39, 0.29) is 0 Å². The Morgan fingerprint density at radius 3 is 2.22 bits per heavy atom. The molecule has 2 rings (SSSR count). The van der Waals surface area contributed by atoms with Gasteiger partial charge < -0.3 is 0 Å². The molecule has 0 amide bonds. The van der Waals surface area contributed by atoms with E-state index in [1.165, 1.54) is 11.1 Å². The Morgan fingerprint density at radius 1 is 0.889 bits per heavy atom. The number of rotatable bonds is 3. The van der Waals surface area contributed by atoms with Crippen LogP contribution < -0.4 is 0 Å². The Morgan fingerprint density at radius 2 is 1.56 bits per heavy atom. The molecule has 0 radical (unpaired) electrons. The third kappa shape index (κ3) is 2.71. The SMILES string of the molecule is Cc1ccccc1Cc1ccc(CCl)c(C)c1Cl. The summed E-state index contributed by atoms with van der Waals surface area (Å²) in [6.07, 6.45) is 0.870. The van der Waals surface area contributed by atoms with Gasteiger partial charge in [0.2, 0.25) is 0 Å². The van der Waals surface area contributed by atoms with Crippen LogP contribution in [0.2, 0.25) is 5.02 Å². The van der Waals surface area contributed by atoms with Crippen molar-refractivity contribution >= 4 is 23.2 Å². The molecule has 0 saturated heterocycles. The van der Waals surface area contributed by atoms with E-state index in [1.807, 2.05) is 6.92 Å². The summed E-state index contributed by atoms with van der Waals surface area (Å²) in [6, 6.07) is 12.6. The van der Waals surface area contributed by atoms with Crippen LogP contribution >= 0.6 is 23.2 Å². The summed E-state index contributed by atoms with van der Waals surface area (Å²) >= 11 is 12.3. The van der Waals surface area contributed by atoms with E-state index in [2.05, 4.69) is 43.3 Å². The average Bonchev–Trinajstić information content (AvgIpc) is 2.38. The van der Waals surface area contributed by atoms with Gasteiger partial charge in [-0.25, -0.2) is 0 Å². The van der Waals surface area contributed by atoms with Crippen molar-refractivity contribution in [2.75, 3.05) is 0 Å². The third-order valence-corrected chi connectivity index (χ3v) is 4.18. The summed E-state index contributed by atoms with van der Waals surface area (Å²) in [5.74, 6) is 0.510. The van der Waals surface area contributed by atoms with Crippen molar-refractivity contribution in [3.8, 4) is 0 Å². The minimum atomic E-state index is 0.510. The monoisotopic (exact) mass is 278 g/mol. The number of hydrogen-bond donors (Lipinski definition) is 0. The van der Waals surface area contributed by atoms with Gasteiger partial charge in [-0.3, -0.25) is 0 Å². The lowest BCUT2D eigenvalue weighted by Gasteiger charge is -2.11. The van der Waals surface area contributed by atoms with Crippen molar-refractivity contribution in [3.63, 3.8) is 0 Å². The number of benzene rings is 2. The number of aryl methyl sites for hydroxylation is 1. The van der Waals surface area contributed by atoms with Crippen LogP contribution in [0.4, 0.5) is 0 Å². The van der Waals surface area contributed by atoms with Gasteiger partial charge in [-0.1, -0.05) is 48.0 Å². The molecule has 0 aliphatic heterocycles. The molecule has 0 heterocycles. The highest BCUT2D eigenvalue weighted by Gasteiger charge is 2.09. The summed E-state index contributed by atoms with van der Waals surface area (Å²) in [5, 5.41) is 0.844. The standard InChI is InChI=1S/C16H16Cl2/c1-11-5-3-4-6-13(11)9-14-7-8-15(10-17)12(2)16(14)18/h3-8H,9-10H2,1-2H3. The van der Waals surface area contributed by atoms with Crippen molar-refractivity contribution in [1.29, 1.82) is 0 Å². The predicted octanol–water partition coefficient (Wildman–Crippen LogP) is 5.29. The molecule has 0 fully saturated rings. The Hall–Kier alpha value is -0.980. The molecule has 2 heteroatoms. The average molecular weight is 279 g/mol. The van der Waals surface area contributed by atoms with Crippen molar-refractivity contribution in [1.82, 2.24) is 0 Å². The highest BCUT2D eigenvalue weighted by molar-refractivity contribution is 6.32. The van der Waals surface area contributed by atoms with Crippen molar-refractivity contribution in [3.05, 3.63) is 69.2 Å². The normalized spacial score (nSPS) is 10.7. The fourth-order valence-electron chi connectivity index (χ4n) is 2.08. The lowest BCUT2D eigenvalue weighted by Crippen LogP contribution is -1.96. The highest BCUT2D eigenvalue weighted by atomic mass is 35.5. The molecule has 2 aromatic carbocycles. The van der Waals surface area contributed by atoms with Crippen LogP contribution in [0.15, 0.2) is 36.4 Å². The third-order valence-electron chi connectivity index (χ3n) is 3.36. The maximum Gasteiger partial charge on any atom is 0.0477 e. The zero-order valence-electron chi connectivity index (χ0n) is 10.6. The van der Waals surface area contributed by atoms with E-state index in [1.54, 1.807) is 0 Å². The van der Waals surface area contributed by atoms with E-state index in [4.69, 9.17) is 23.2 Å². The Bertz CT molecular complexity index is 559. The van der Waals surface area contributed by atoms with Crippen LogP contribution in [0.3, 0.4) is 0 Å². The molecule has 0 aliphatic rings. The van der Waals surface area contributed by atoms with Gasteiger partial charge in [0, 0.05) is 10.9 Å². The van der Waals surface area contributed by atoms with E-state index < -0.39 is 0 Å². The van der Waals surface area contributed by atoms with E-state index >= 15 is 0 Å².